The van der Waals surface area contributed by atoms with E-state index in [9.17, 15) is 16.8 Å². The van der Waals surface area contributed by atoms with Gasteiger partial charge in [0.05, 0.1) is 9.79 Å². The van der Waals surface area contributed by atoms with Crippen LogP contribution in [0.5, 0.6) is 0 Å². The van der Waals surface area contributed by atoms with E-state index < -0.39 is 20.2 Å². The molecule has 0 spiro atoms. The van der Waals surface area contributed by atoms with Crippen LogP contribution in [0.1, 0.15) is 30.4 Å². The van der Waals surface area contributed by atoms with E-state index in [4.69, 9.17) is 9.11 Å². The monoisotopic (exact) mass is 384 g/mol. The largest absolute Gasteiger partial charge is 0.294 e. The Morgan fingerprint density at radius 3 is 1.16 bits per heavy atom. The van der Waals surface area contributed by atoms with E-state index in [1.54, 1.807) is 24.3 Å². The van der Waals surface area contributed by atoms with Gasteiger partial charge in [-0.05, 0) is 61.1 Å². The molecule has 2 N–H and O–H groups in total. The maximum absolute atomic E-state index is 11.0. The van der Waals surface area contributed by atoms with E-state index in [0.717, 1.165) is 43.2 Å². The van der Waals surface area contributed by atoms with E-state index in [1.165, 1.54) is 24.3 Å². The quantitative estimate of drug-likeness (QED) is 0.535. The first-order valence-corrected chi connectivity index (χ1v) is 10.7. The van der Waals surface area contributed by atoms with E-state index in [1.807, 2.05) is 0 Å². The van der Waals surface area contributed by atoms with Crippen molar-refractivity contribution in [3.05, 3.63) is 59.7 Å². The molecular weight excluding hydrogens is 364 g/mol. The topological polar surface area (TPSA) is 109 Å². The molecule has 25 heavy (non-hydrogen) atoms. The molecule has 8 heteroatoms. The number of benzene rings is 2. The van der Waals surface area contributed by atoms with Crippen molar-refractivity contribution in [1.82, 2.24) is 0 Å². The molecule has 0 aliphatic carbocycles. The number of rotatable bonds is 8. The summed E-state index contributed by atoms with van der Waals surface area (Å²) in [6.45, 7) is 0. The molecular formula is C17H20O6S2. The summed E-state index contributed by atoms with van der Waals surface area (Å²) in [7, 11) is -8.29. The minimum Gasteiger partial charge on any atom is -0.282 e. The van der Waals surface area contributed by atoms with Crippen molar-refractivity contribution in [2.75, 3.05) is 0 Å². The number of unbranched alkanes of at least 4 members (excludes halogenated alkanes) is 2. The minimum atomic E-state index is -4.15. The van der Waals surface area contributed by atoms with Gasteiger partial charge in [0.15, 0.2) is 0 Å². The Labute approximate surface area is 148 Å². The van der Waals surface area contributed by atoms with Crippen molar-refractivity contribution in [2.24, 2.45) is 0 Å². The molecule has 0 fully saturated rings. The first kappa shape index (κ1) is 19.6. The van der Waals surface area contributed by atoms with Gasteiger partial charge in [-0.1, -0.05) is 30.7 Å². The third-order valence-corrected chi connectivity index (χ3v) is 5.61. The highest BCUT2D eigenvalue weighted by molar-refractivity contribution is 7.86. The minimum absolute atomic E-state index is 0.107. The maximum atomic E-state index is 11.0. The predicted octanol–water partition coefficient (Wildman–Crippen LogP) is 3.14. The maximum Gasteiger partial charge on any atom is 0.294 e. The summed E-state index contributed by atoms with van der Waals surface area (Å²) < 4.78 is 61.7. The zero-order chi connectivity index (χ0) is 18.5. The first-order valence-electron chi connectivity index (χ1n) is 7.79. The highest BCUT2D eigenvalue weighted by Crippen LogP contribution is 2.15. The molecule has 0 aromatic heterocycles. The number of aryl methyl sites for hydroxylation is 2. The van der Waals surface area contributed by atoms with Gasteiger partial charge in [-0.25, -0.2) is 0 Å². The second kappa shape index (κ2) is 8.09. The molecule has 2 aromatic rings. The number of hydrogen-bond acceptors (Lipinski definition) is 4. The van der Waals surface area contributed by atoms with Crippen molar-refractivity contribution < 1.29 is 25.9 Å². The SMILES string of the molecule is O=S(=O)(O)c1ccc(CCCCCc2ccc(S(=O)(=O)O)cc2)cc1. The molecule has 0 unspecified atom stereocenters. The van der Waals surface area contributed by atoms with Crippen molar-refractivity contribution in [3.8, 4) is 0 Å². The average molecular weight is 384 g/mol. The lowest BCUT2D eigenvalue weighted by molar-refractivity contribution is 0.481. The zero-order valence-electron chi connectivity index (χ0n) is 13.5. The Bertz CT molecular complexity index is 821. The molecule has 2 rings (SSSR count). The van der Waals surface area contributed by atoms with Crippen LogP contribution in [0.3, 0.4) is 0 Å². The lowest BCUT2D eigenvalue weighted by Gasteiger charge is -2.04. The lowest BCUT2D eigenvalue weighted by Crippen LogP contribution is -1.98. The van der Waals surface area contributed by atoms with E-state index in [-0.39, 0.29) is 9.79 Å². The van der Waals surface area contributed by atoms with Crippen LogP contribution in [0.2, 0.25) is 0 Å². The van der Waals surface area contributed by atoms with Gasteiger partial charge < -0.3 is 0 Å². The van der Waals surface area contributed by atoms with Gasteiger partial charge in [-0.3, -0.25) is 9.11 Å². The van der Waals surface area contributed by atoms with Crippen LogP contribution in [0.15, 0.2) is 58.3 Å². The van der Waals surface area contributed by atoms with Crippen LogP contribution < -0.4 is 0 Å². The zero-order valence-corrected chi connectivity index (χ0v) is 15.1. The van der Waals surface area contributed by atoms with Crippen molar-refractivity contribution in [3.63, 3.8) is 0 Å². The second-order valence-corrected chi connectivity index (χ2v) is 8.64. The fraction of sp³-hybridized carbons (Fsp3) is 0.294. The van der Waals surface area contributed by atoms with Crippen LogP contribution in [0, 0.1) is 0 Å². The average Bonchev–Trinajstić information content (AvgIpc) is 2.54. The van der Waals surface area contributed by atoms with Crippen molar-refractivity contribution in [1.29, 1.82) is 0 Å². The Hall–Kier alpha value is -1.74. The van der Waals surface area contributed by atoms with Gasteiger partial charge in [-0.2, -0.15) is 16.8 Å². The van der Waals surface area contributed by atoms with Crippen molar-refractivity contribution >= 4 is 20.2 Å². The Morgan fingerprint density at radius 1 is 0.560 bits per heavy atom. The molecule has 0 aliphatic heterocycles. The Balaban J connectivity index is 1.75. The summed E-state index contributed by atoms with van der Waals surface area (Å²) in [5.74, 6) is 0. The highest BCUT2D eigenvalue weighted by Gasteiger charge is 2.09. The molecule has 0 atom stereocenters. The molecule has 0 saturated carbocycles. The Kier molecular flexibility index (Phi) is 6.34. The predicted molar refractivity (Wildman–Crippen MR) is 93.8 cm³/mol. The van der Waals surface area contributed by atoms with Gasteiger partial charge in [0, 0.05) is 0 Å². The molecule has 0 bridgehead atoms. The first-order chi connectivity index (χ1) is 11.7. The van der Waals surface area contributed by atoms with Gasteiger partial charge in [0.1, 0.15) is 0 Å². The van der Waals surface area contributed by atoms with Crippen LogP contribution in [0.25, 0.3) is 0 Å². The number of hydrogen-bond donors (Lipinski definition) is 2. The summed E-state index contributed by atoms with van der Waals surface area (Å²) in [6.07, 6.45) is 4.48. The standard InChI is InChI=1S/C17H20O6S2/c18-24(19,20)16-10-6-14(7-11-16)4-2-1-3-5-15-8-12-17(13-9-15)25(21,22)23/h6-13H,1-5H2,(H,18,19,20)(H,21,22,23). The Morgan fingerprint density at radius 2 is 0.880 bits per heavy atom. The van der Waals surface area contributed by atoms with Gasteiger partial charge in [0.2, 0.25) is 0 Å². The van der Waals surface area contributed by atoms with Crippen molar-refractivity contribution in [2.45, 2.75) is 41.9 Å². The third-order valence-electron chi connectivity index (χ3n) is 3.87. The van der Waals surface area contributed by atoms with Gasteiger partial charge in [0.25, 0.3) is 20.2 Å². The third kappa shape index (κ3) is 6.24. The summed E-state index contributed by atoms with van der Waals surface area (Å²) in [5.41, 5.74) is 2.01. The van der Waals surface area contributed by atoms with Gasteiger partial charge in [-0.15, -0.1) is 0 Å². The summed E-state index contributed by atoms with van der Waals surface area (Å²) in [5, 5.41) is 0. The summed E-state index contributed by atoms with van der Waals surface area (Å²) >= 11 is 0. The highest BCUT2D eigenvalue weighted by atomic mass is 32.2. The van der Waals surface area contributed by atoms with Gasteiger partial charge >= 0.3 is 0 Å². The molecule has 0 heterocycles. The van der Waals surface area contributed by atoms with Crippen LogP contribution >= 0.6 is 0 Å². The van der Waals surface area contributed by atoms with E-state index in [2.05, 4.69) is 0 Å². The van der Waals surface area contributed by atoms with Crippen LogP contribution in [-0.4, -0.2) is 25.9 Å². The van der Waals surface area contributed by atoms with Crippen LogP contribution in [0.4, 0.5) is 0 Å². The fourth-order valence-electron chi connectivity index (χ4n) is 2.49. The molecule has 6 nitrogen and oxygen atoms in total. The van der Waals surface area contributed by atoms with E-state index >= 15 is 0 Å². The second-order valence-electron chi connectivity index (χ2n) is 5.80. The molecule has 0 radical (unpaired) electrons. The summed E-state index contributed by atoms with van der Waals surface area (Å²) in [4.78, 5) is -0.214. The fourth-order valence-corrected chi connectivity index (χ4v) is 3.45. The molecule has 0 saturated heterocycles. The molecule has 0 amide bonds. The summed E-state index contributed by atoms with van der Waals surface area (Å²) in [6, 6.07) is 12.3. The molecule has 136 valence electrons. The lowest BCUT2D eigenvalue weighted by atomic mass is 10.0. The van der Waals surface area contributed by atoms with E-state index in [0.29, 0.717) is 0 Å². The molecule has 0 aliphatic rings. The van der Waals surface area contributed by atoms with Crippen LogP contribution in [-0.2, 0) is 33.1 Å². The smallest absolute Gasteiger partial charge is 0.282 e. The normalized spacial score (nSPS) is 12.2. The molecule has 2 aromatic carbocycles.